The fourth-order valence-corrected chi connectivity index (χ4v) is 2.90. The quantitative estimate of drug-likeness (QED) is 0.920. The van der Waals surface area contributed by atoms with Gasteiger partial charge in [-0.15, -0.1) is 0 Å². The predicted molar refractivity (Wildman–Crippen MR) is 92.0 cm³/mol. The molecule has 0 aliphatic carbocycles. The number of nitrogens with zero attached hydrogens (tertiary/aromatic N) is 4. The smallest absolute Gasteiger partial charge is 0.266 e. The maximum Gasteiger partial charge on any atom is 0.266 e. The minimum atomic E-state index is -0.143. The number of hydrogen-bond donors (Lipinski definition) is 1. The van der Waals surface area contributed by atoms with E-state index in [2.05, 4.69) is 20.3 Å². The van der Waals surface area contributed by atoms with Crippen LogP contribution in [0.5, 0.6) is 0 Å². The summed E-state index contributed by atoms with van der Waals surface area (Å²) in [6.45, 7) is 3.31. The fraction of sp³-hybridized carbons (Fsp3) is 0.412. The number of hydrogen-bond acceptors (Lipinski definition) is 5. The zero-order valence-corrected chi connectivity index (χ0v) is 13.9. The van der Waals surface area contributed by atoms with Crippen molar-refractivity contribution in [1.29, 1.82) is 0 Å². The number of rotatable bonds is 3. The Bertz CT molecular complexity index is 802. The van der Waals surface area contributed by atoms with Crippen LogP contribution in [0.1, 0.15) is 18.5 Å². The second-order valence-electron chi connectivity index (χ2n) is 6.09. The van der Waals surface area contributed by atoms with Crippen molar-refractivity contribution in [3.05, 3.63) is 46.4 Å². The Morgan fingerprint density at radius 2 is 2.12 bits per heavy atom. The highest BCUT2D eigenvalue weighted by Gasteiger charge is 2.27. The molecule has 0 aromatic carbocycles. The van der Waals surface area contributed by atoms with E-state index in [1.54, 1.807) is 19.2 Å². The molecule has 0 radical (unpaired) electrons. The molecule has 1 aliphatic heterocycles. The number of carbonyl (C=O) groups excluding carboxylic acids is 1. The van der Waals surface area contributed by atoms with Crippen LogP contribution in [-0.2, 0) is 11.8 Å². The van der Waals surface area contributed by atoms with Gasteiger partial charge in [0, 0.05) is 31.9 Å². The summed E-state index contributed by atoms with van der Waals surface area (Å²) in [6.07, 6.45) is 1.74. The Hall–Kier alpha value is -2.70. The van der Waals surface area contributed by atoms with E-state index < -0.39 is 0 Å². The standard InChI is InChI=1S/C17H21N5O2/c1-12-5-3-7-14(18-12)19-17(24)13-6-4-10-22(11-13)15-8-9-16(23)21(2)20-15/h3,5,7-9,13H,4,6,10-11H2,1-2H3,(H,18,19,24)/t13-/m0/s1. The van der Waals surface area contributed by atoms with Crippen LogP contribution in [0.15, 0.2) is 35.1 Å². The molecule has 1 N–H and O–H groups in total. The number of nitrogens with one attached hydrogen (secondary N) is 1. The van der Waals surface area contributed by atoms with E-state index in [0.717, 1.165) is 30.9 Å². The summed E-state index contributed by atoms with van der Waals surface area (Å²) in [6, 6.07) is 8.77. The van der Waals surface area contributed by atoms with Crippen LogP contribution in [0, 0.1) is 12.8 Å². The van der Waals surface area contributed by atoms with Crippen LogP contribution < -0.4 is 15.8 Å². The molecule has 1 amide bonds. The zero-order chi connectivity index (χ0) is 17.1. The molecule has 7 nitrogen and oxygen atoms in total. The Balaban J connectivity index is 1.69. The Morgan fingerprint density at radius 3 is 2.88 bits per heavy atom. The third-order valence-electron chi connectivity index (χ3n) is 4.20. The molecule has 2 aromatic heterocycles. The summed E-state index contributed by atoms with van der Waals surface area (Å²) < 4.78 is 1.32. The van der Waals surface area contributed by atoms with Gasteiger partial charge in [-0.2, -0.15) is 5.10 Å². The summed E-state index contributed by atoms with van der Waals surface area (Å²) in [4.78, 5) is 30.4. The lowest BCUT2D eigenvalue weighted by Gasteiger charge is -2.32. The summed E-state index contributed by atoms with van der Waals surface area (Å²) in [5.41, 5.74) is 0.725. The highest BCUT2D eigenvalue weighted by Crippen LogP contribution is 2.22. The van der Waals surface area contributed by atoms with Gasteiger partial charge in [-0.1, -0.05) is 6.07 Å². The first-order chi connectivity index (χ1) is 11.5. The van der Waals surface area contributed by atoms with Crippen LogP contribution >= 0.6 is 0 Å². The maximum atomic E-state index is 12.5. The molecule has 1 saturated heterocycles. The normalized spacial score (nSPS) is 17.6. The van der Waals surface area contributed by atoms with Crippen molar-refractivity contribution in [2.75, 3.05) is 23.3 Å². The molecule has 0 saturated carbocycles. The largest absolute Gasteiger partial charge is 0.354 e. The maximum absolute atomic E-state index is 12.5. The third kappa shape index (κ3) is 3.61. The van der Waals surface area contributed by atoms with Gasteiger partial charge < -0.3 is 10.2 Å². The van der Waals surface area contributed by atoms with E-state index in [4.69, 9.17) is 0 Å². The lowest BCUT2D eigenvalue weighted by atomic mass is 9.97. The van der Waals surface area contributed by atoms with Gasteiger partial charge in [-0.3, -0.25) is 9.59 Å². The molecule has 7 heteroatoms. The van der Waals surface area contributed by atoms with E-state index >= 15 is 0 Å². The molecule has 3 rings (SSSR count). The topological polar surface area (TPSA) is 80.1 Å². The summed E-state index contributed by atoms with van der Waals surface area (Å²) in [5, 5.41) is 7.16. The van der Waals surface area contributed by atoms with Crippen molar-refractivity contribution < 1.29 is 4.79 Å². The lowest BCUT2D eigenvalue weighted by Crippen LogP contribution is -2.41. The van der Waals surface area contributed by atoms with Gasteiger partial charge in [-0.05, 0) is 38.0 Å². The van der Waals surface area contributed by atoms with Crippen molar-refractivity contribution in [3.63, 3.8) is 0 Å². The van der Waals surface area contributed by atoms with Crippen LogP contribution in [0.2, 0.25) is 0 Å². The minimum absolute atomic E-state index is 0.0254. The van der Waals surface area contributed by atoms with E-state index in [1.165, 1.54) is 10.7 Å². The number of carbonyl (C=O) groups is 1. The van der Waals surface area contributed by atoms with Gasteiger partial charge >= 0.3 is 0 Å². The predicted octanol–water partition coefficient (Wildman–Crippen LogP) is 1.34. The molecule has 1 aliphatic rings. The molecule has 126 valence electrons. The van der Waals surface area contributed by atoms with Crippen LogP contribution in [-0.4, -0.2) is 33.8 Å². The average Bonchev–Trinajstić information content (AvgIpc) is 2.57. The minimum Gasteiger partial charge on any atom is -0.354 e. The SMILES string of the molecule is Cc1cccc(NC(=O)[C@H]2CCCN(c3ccc(=O)n(C)n3)C2)n1. The van der Waals surface area contributed by atoms with E-state index in [0.29, 0.717) is 12.4 Å². The van der Waals surface area contributed by atoms with Crippen LogP contribution in [0.25, 0.3) is 0 Å². The van der Waals surface area contributed by atoms with Crippen molar-refractivity contribution in [2.24, 2.45) is 13.0 Å². The van der Waals surface area contributed by atoms with Crippen molar-refractivity contribution in [2.45, 2.75) is 19.8 Å². The lowest BCUT2D eigenvalue weighted by molar-refractivity contribution is -0.120. The first-order valence-corrected chi connectivity index (χ1v) is 8.07. The molecule has 3 heterocycles. The molecule has 0 unspecified atom stereocenters. The number of pyridine rings is 1. The Morgan fingerprint density at radius 1 is 1.29 bits per heavy atom. The van der Waals surface area contributed by atoms with Gasteiger partial charge in [0.05, 0.1) is 5.92 Å². The van der Waals surface area contributed by atoms with Crippen molar-refractivity contribution in [1.82, 2.24) is 14.8 Å². The van der Waals surface area contributed by atoms with E-state index in [-0.39, 0.29) is 17.4 Å². The number of aryl methyl sites for hydroxylation is 2. The van der Waals surface area contributed by atoms with Crippen LogP contribution in [0.3, 0.4) is 0 Å². The van der Waals surface area contributed by atoms with Gasteiger partial charge in [-0.25, -0.2) is 9.67 Å². The zero-order valence-electron chi connectivity index (χ0n) is 13.9. The van der Waals surface area contributed by atoms with Gasteiger partial charge in [0.1, 0.15) is 11.6 Å². The molecule has 2 aromatic rings. The molecule has 24 heavy (non-hydrogen) atoms. The fourth-order valence-electron chi connectivity index (χ4n) is 2.90. The third-order valence-corrected chi connectivity index (χ3v) is 4.20. The second-order valence-corrected chi connectivity index (χ2v) is 6.09. The highest BCUT2D eigenvalue weighted by molar-refractivity contribution is 5.92. The van der Waals surface area contributed by atoms with Gasteiger partial charge in [0.25, 0.3) is 5.56 Å². The number of anilines is 2. The van der Waals surface area contributed by atoms with Crippen molar-refractivity contribution in [3.8, 4) is 0 Å². The molecule has 1 atom stereocenters. The number of piperidine rings is 1. The summed E-state index contributed by atoms with van der Waals surface area (Å²) >= 11 is 0. The molecular weight excluding hydrogens is 306 g/mol. The average molecular weight is 327 g/mol. The molecule has 1 fully saturated rings. The number of amides is 1. The number of aromatic nitrogens is 3. The van der Waals surface area contributed by atoms with Gasteiger partial charge in [0.2, 0.25) is 5.91 Å². The molecule has 0 spiro atoms. The van der Waals surface area contributed by atoms with Crippen LogP contribution in [0.4, 0.5) is 11.6 Å². The molecule has 0 bridgehead atoms. The van der Waals surface area contributed by atoms with E-state index in [1.807, 2.05) is 19.1 Å². The monoisotopic (exact) mass is 327 g/mol. The summed E-state index contributed by atoms with van der Waals surface area (Å²) in [5.74, 6) is 1.16. The Labute approximate surface area is 140 Å². The molecular formula is C17H21N5O2. The second kappa shape index (κ2) is 6.82. The first kappa shape index (κ1) is 16.2. The summed E-state index contributed by atoms with van der Waals surface area (Å²) in [7, 11) is 1.63. The van der Waals surface area contributed by atoms with Crippen molar-refractivity contribution >= 4 is 17.5 Å². The van der Waals surface area contributed by atoms with Gasteiger partial charge in [0.15, 0.2) is 0 Å². The van der Waals surface area contributed by atoms with E-state index in [9.17, 15) is 9.59 Å². The highest BCUT2D eigenvalue weighted by atomic mass is 16.2. The Kier molecular flexibility index (Phi) is 4.59. The first-order valence-electron chi connectivity index (χ1n) is 8.07.